The number of rotatable bonds is 6. The number of aromatic nitrogens is 3. The molecule has 9 heteroatoms. The van der Waals surface area contributed by atoms with Crippen LogP contribution in [0.1, 0.15) is 43.2 Å². The van der Waals surface area contributed by atoms with Gasteiger partial charge in [0.25, 0.3) is 0 Å². The minimum Gasteiger partial charge on any atom is -0.335 e. The second-order valence-corrected chi connectivity index (χ2v) is 11.5. The number of hydrogen-bond donors (Lipinski definition) is 0. The Labute approximate surface area is 182 Å². The Morgan fingerprint density at radius 3 is 2.63 bits per heavy atom. The Bertz CT molecular complexity index is 1030. The summed E-state index contributed by atoms with van der Waals surface area (Å²) in [5.74, 6) is 0.515. The molecule has 2 aliphatic rings. The molecule has 0 spiro atoms. The Kier molecular flexibility index (Phi) is 6.20. The molecule has 30 heavy (non-hydrogen) atoms. The van der Waals surface area contributed by atoms with Gasteiger partial charge < -0.3 is 4.90 Å². The molecule has 2 fully saturated rings. The summed E-state index contributed by atoms with van der Waals surface area (Å²) in [5.41, 5.74) is 3.30. The van der Waals surface area contributed by atoms with E-state index in [0.717, 1.165) is 36.9 Å². The summed E-state index contributed by atoms with van der Waals surface area (Å²) < 4.78 is 25.9. The number of carbonyl (C=O) groups excluding carboxylic acids is 1. The Morgan fingerprint density at radius 2 is 1.97 bits per heavy atom. The molecule has 1 atom stereocenters. The lowest BCUT2D eigenvalue weighted by Crippen LogP contribution is -2.47. The van der Waals surface area contributed by atoms with Gasteiger partial charge in [0.05, 0.1) is 22.9 Å². The summed E-state index contributed by atoms with van der Waals surface area (Å²) in [6, 6.07) is 6.16. The highest BCUT2D eigenvalue weighted by Crippen LogP contribution is 2.31. The predicted octanol–water partition coefficient (Wildman–Crippen LogP) is 2.93. The van der Waals surface area contributed by atoms with Crippen LogP contribution >= 0.6 is 11.8 Å². The molecular weight excluding hydrogens is 420 g/mol. The lowest BCUT2D eigenvalue weighted by molar-refractivity contribution is -0.132. The first kappa shape index (κ1) is 21.4. The molecule has 7 nitrogen and oxygen atoms in total. The van der Waals surface area contributed by atoms with Crippen LogP contribution in [0.15, 0.2) is 29.7 Å². The van der Waals surface area contributed by atoms with Gasteiger partial charge in [0, 0.05) is 12.1 Å². The zero-order chi connectivity index (χ0) is 21.3. The Balaban J connectivity index is 1.50. The summed E-state index contributed by atoms with van der Waals surface area (Å²) >= 11 is 1.36. The molecule has 1 aliphatic heterocycles. The van der Waals surface area contributed by atoms with Crippen molar-refractivity contribution in [3.8, 4) is 5.69 Å². The van der Waals surface area contributed by atoms with Gasteiger partial charge in [0.2, 0.25) is 5.91 Å². The van der Waals surface area contributed by atoms with E-state index in [-0.39, 0.29) is 35.2 Å². The second-order valence-electron chi connectivity index (χ2n) is 8.36. The third kappa shape index (κ3) is 4.56. The quantitative estimate of drug-likeness (QED) is 0.632. The largest absolute Gasteiger partial charge is 0.335 e. The first-order chi connectivity index (χ1) is 14.3. The monoisotopic (exact) mass is 448 g/mol. The second kappa shape index (κ2) is 8.70. The van der Waals surface area contributed by atoms with Gasteiger partial charge in [-0.15, -0.1) is 10.2 Å². The van der Waals surface area contributed by atoms with E-state index in [9.17, 15) is 13.2 Å². The molecule has 1 aromatic carbocycles. The normalized spacial score (nSPS) is 21.2. The lowest BCUT2D eigenvalue weighted by atomic mass is 10.1. The summed E-state index contributed by atoms with van der Waals surface area (Å²) in [4.78, 5) is 15.1. The number of amides is 1. The van der Waals surface area contributed by atoms with E-state index in [1.807, 2.05) is 28.5 Å². The number of sulfone groups is 1. The van der Waals surface area contributed by atoms with Crippen molar-refractivity contribution in [1.29, 1.82) is 0 Å². The highest BCUT2D eigenvalue weighted by molar-refractivity contribution is 7.99. The van der Waals surface area contributed by atoms with E-state index < -0.39 is 9.84 Å². The van der Waals surface area contributed by atoms with Crippen LogP contribution in [-0.4, -0.2) is 63.3 Å². The summed E-state index contributed by atoms with van der Waals surface area (Å²) in [7, 11) is -3.04. The van der Waals surface area contributed by atoms with Crippen LogP contribution in [0.4, 0.5) is 0 Å². The van der Waals surface area contributed by atoms with Crippen molar-refractivity contribution in [3.05, 3.63) is 35.7 Å². The molecule has 0 radical (unpaired) electrons. The molecule has 2 aromatic rings. The SMILES string of the molecule is Cc1ccc(-n2cnnc2SCC(=O)N(C2CCCC2)[C@@H]2CCS(=O)(=O)C2)c(C)c1. The molecule has 1 saturated carbocycles. The van der Waals surface area contributed by atoms with Gasteiger partial charge in [-0.1, -0.05) is 42.3 Å². The van der Waals surface area contributed by atoms with Crippen LogP contribution in [0.2, 0.25) is 0 Å². The van der Waals surface area contributed by atoms with Crippen molar-refractivity contribution in [2.45, 2.75) is 63.2 Å². The van der Waals surface area contributed by atoms with Gasteiger partial charge in [-0.05, 0) is 44.7 Å². The summed E-state index contributed by atoms with van der Waals surface area (Å²) in [6.07, 6.45) is 6.35. The fourth-order valence-electron chi connectivity index (χ4n) is 4.65. The number of aryl methyl sites for hydroxylation is 2. The van der Waals surface area contributed by atoms with E-state index in [1.165, 1.54) is 17.3 Å². The molecule has 4 rings (SSSR count). The summed E-state index contributed by atoms with van der Waals surface area (Å²) in [5, 5.41) is 8.93. The van der Waals surface area contributed by atoms with Gasteiger partial charge >= 0.3 is 0 Å². The standard InChI is InChI=1S/C21H28N4O3S2/c1-15-7-8-19(16(2)11-15)24-14-22-23-21(24)29-12-20(26)25(17-5-3-4-6-17)18-9-10-30(27,28)13-18/h7-8,11,14,17-18H,3-6,9-10,12-13H2,1-2H3/t18-/m1/s1. The average molecular weight is 449 g/mol. The van der Waals surface area contributed by atoms with Crippen molar-refractivity contribution >= 4 is 27.5 Å². The fraction of sp³-hybridized carbons (Fsp3) is 0.571. The van der Waals surface area contributed by atoms with Crippen LogP contribution in [0, 0.1) is 13.8 Å². The van der Waals surface area contributed by atoms with Crippen LogP contribution in [0.25, 0.3) is 5.69 Å². The van der Waals surface area contributed by atoms with Gasteiger partial charge in [-0.3, -0.25) is 9.36 Å². The van der Waals surface area contributed by atoms with E-state index in [0.29, 0.717) is 11.6 Å². The molecular formula is C21H28N4O3S2. The first-order valence-corrected chi connectivity index (χ1v) is 13.3. The number of benzene rings is 1. The molecule has 1 aromatic heterocycles. The van der Waals surface area contributed by atoms with Gasteiger partial charge in [-0.2, -0.15) is 0 Å². The lowest BCUT2D eigenvalue weighted by Gasteiger charge is -2.34. The predicted molar refractivity (Wildman–Crippen MR) is 118 cm³/mol. The fourth-order valence-corrected chi connectivity index (χ4v) is 7.15. The van der Waals surface area contributed by atoms with Gasteiger partial charge in [0.15, 0.2) is 15.0 Å². The molecule has 1 amide bonds. The number of nitrogens with zero attached hydrogens (tertiary/aromatic N) is 4. The van der Waals surface area contributed by atoms with Crippen LogP contribution in [0.5, 0.6) is 0 Å². The van der Waals surface area contributed by atoms with Crippen LogP contribution < -0.4 is 0 Å². The third-order valence-corrected chi connectivity index (χ3v) is 8.74. The van der Waals surface area contributed by atoms with Crippen molar-refractivity contribution < 1.29 is 13.2 Å². The topological polar surface area (TPSA) is 85.2 Å². The highest BCUT2D eigenvalue weighted by atomic mass is 32.2. The van der Waals surface area contributed by atoms with E-state index in [2.05, 4.69) is 23.2 Å². The van der Waals surface area contributed by atoms with Crippen molar-refractivity contribution in [1.82, 2.24) is 19.7 Å². The van der Waals surface area contributed by atoms with E-state index in [1.54, 1.807) is 6.33 Å². The molecule has 0 N–H and O–H groups in total. The summed E-state index contributed by atoms with van der Waals surface area (Å²) in [6.45, 7) is 4.10. The number of carbonyl (C=O) groups is 1. The smallest absolute Gasteiger partial charge is 0.233 e. The Hall–Kier alpha value is -1.87. The van der Waals surface area contributed by atoms with Crippen molar-refractivity contribution in [3.63, 3.8) is 0 Å². The molecule has 0 bridgehead atoms. The molecule has 162 valence electrons. The van der Waals surface area contributed by atoms with Crippen molar-refractivity contribution in [2.75, 3.05) is 17.3 Å². The number of thioether (sulfide) groups is 1. The Morgan fingerprint density at radius 1 is 1.20 bits per heavy atom. The maximum Gasteiger partial charge on any atom is 0.233 e. The molecule has 0 unspecified atom stereocenters. The minimum absolute atomic E-state index is 0.00387. The highest BCUT2D eigenvalue weighted by Gasteiger charge is 2.39. The molecule has 2 heterocycles. The van der Waals surface area contributed by atoms with Crippen molar-refractivity contribution in [2.24, 2.45) is 0 Å². The maximum absolute atomic E-state index is 13.2. The van der Waals surface area contributed by atoms with E-state index >= 15 is 0 Å². The van der Waals surface area contributed by atoms with Gasteiger partial charge in [-0.25, -0.2) is 8.42 Å². The van der Waals surface area contributed by atoms with Crippen LogP contribution in [0.3, 0.4) is 0 Å². The average Bonchev–Trinajstić information content (AvgIpc) is 3.42. The van der Waals surface area contributed by atoms with Gasteiger partial charge in [0.1, 0.15) is 6.33 Å². The molecule has 1 aliphatic carbocycles. The van der Waals surface area contributed by atoms with E-state index in [4.69, 9.17) is 0 Å². The zero-order valence-electron chi connectivity index (χ0n) is 17.5. The number of hydrogen-bond acceptors (Lipinski definition) is 6. The maximum atomic E-state index is 13.2. The minimum atomic E-state index is -3.04. The first-order valence-electron chi connectivity index (χ1n) is 10.5. The zero-order valence-corrected chi connectivity index (χ0v) is 19.1. The molecule has 1 saturated heterocycles. The van der Waals surface area contributed by atoms with Crippen LogP contribution in [-0.2, 0) is 14.6 Å². The third-order valence-electron chi connectivity index (χ3n) is 6.06.